The molecule has 9 heteroatoms. The van der Waals surface area contributed by atoms with E-state index in [4.69, 9.17) is 9.47 Å². The van der Waals surface area contributed by atoms with Crippen molar-refractivity contribution in [2.45, 2.75) is 19.1 Å². The number of hydrogen-bond acceptors (Lipinski definition) is 5. The number of ether oxygens (including phenoxy) is 2. The molecular weight excluding hydrogens is 352 g/mol. The molecule has 146 valence electrons. The fraction of sp³-hybridized carbons (Fsp3) is 0.500. The van der Waals surface area contributed by atoms with Gasteiger partial charge in [0.05, 0.1) is 26.2 Å². The van der Waals surface area contributed by atoms with Crippen molar-refractivity contribution in [3.05, 3.63) is 24.3 Å². The summed E-state index contributed by atoms with van der Waals surface area (Å²) >= 11 is 0. The van der Waals surface area contributed by atoms with Gasteiger partial charge in [0, 0.05) is 7.05 Å². The lowest BCUT2D eigenvalue weighted by Gasteiger charge is -2.36. The van der Waals surface area contributed by atoms with Gasteiger partial charge in [-0.3, -0.25) is 14.9 Å². The molecule has 2 atom stereocenters. The van der Waals surface area contributed by atoms with E-state index in [0.717, 1.165) is 4.90 Å². The molecule has 27 heavy (non-hydrogen) atoms. The van der Waals surface area contributed by atoms with Crippen molar-refractivity contribution in [1.29, 1.82) is 0 Å². The maximum absolute atomic E-state index is 12.7. The number of nitrogens with one attached hydrogen (secondary N) is 3. The molecule has 3 rings (SSSR count). The minimum atomic E-state index is -0.657. The number of rotatable bonds is 3. The molecule has 0 bridgehead atoms. The van der Waals surface area contributed by atoms with Crippen LogP contribution < -0.4 is 25.0 Å². The maximum Gasteiger partial charge on any atom is 0.321 e. The molecule has 1 fully saturated rings. The van der Waals surface area contributed by atoms with Gasteiger partial charge in [0.1, 0.15) is 6.61 Å². The van der Waals surface area contributed by atoms with Crippen molar-refractivity contribution in [3.63, 3.8) is 0 Å². The summed E-state index contributed by atoms with van der Waals surface area (Å²) in [6.45, 7) is 4.25. The number of quaternary nitrogens is 1. The molecule has 9 nitrogen and oxygen atoms in total. The van der Waals surface area contributed by atoms with Crippen molar-refractivity contribution >= 4 is 17.8 Å². The van der Waals surface area contributed by atoms with Crippen LogP contribution in [0.5, 0.6) is 11.5 Å². The number of fused-ring (bicyclic) bond motifs is 1. The van der Waals surface area contributed by atoms with Crippen LogP contribution in [0.1, 0.15) is 6.92 Å². The molecule has 2 heterocycles. The van der Waals surface area contributed by atoms with Gasteiger partial charge in [0.25, 0.3) is 11.8 Å². The second-order valence-corrected chi connectivity index (χ2v) is 6.64. The molecular formula is C18H25N4O5+. The Hall–Kier alpha value is -2.81. The van der Waals surface area contributed by atoms with E-state index < -0.39 is 12.1 Å². The summed E-state index contributed by atoms with van der Waals surface area (Å²) in [5, 5.41) is 4.66. The first-order chi connectivity index (χ1) is 13.0. The Morgan fingerprint density at radius 1 is 1.19 bits per heavy atom. The number of imide groups is 1. The second kappa shape index (κ2) is 8.26. The minimum absolute atomic E-state index is 0.106. The zero-order valence-corrected chi connectivity index (χ0v) is 15.5. The average molecular weight is 377 g/mol. The lowest BCUT2D eigenvalue weighted by Crippen LogP contribution is -3.19. The maximum atomic E-state index is 12.7. The molecule has 3 N–H and O–H groups in total. The van der Waals surface area contributed by atoms with Gasteiger partial charge in [-0.2, -0.15) is 0 Å². The predicted octanol–water partition coefficient (Wildman–Crippen LogP) is -1.60. The van der Waals surface area contributed by atoms with Gasteiger partial charge in [-0.15, -0.1) is 0 Å². The summed E-state index contributed by atoms with van der Waals surface area (Å²) in [5.74, 6) is 0.786. The lowest BCUT2D eigenvalue weighted by atomic mass is 10.2. The largest absolute Gasteiger partial charge is 0.485 e. The van der Waals surface area contributed by atoms with E-state index in [1.807, 2.05) is 18.2 Å². The van der Waals surface area contributed by atoms with Crippen LogP contribution in [0.3, 0.4) is 0 Å². The molecule has 4 amide bonds. The molecule has 1 saturated heterocycles. The third-order valence-electron chi connectivity index (χ3n) is 4.97. The quantitative estimate of drug-likeness (QED) is 0.589. The number of para-hydroxylation sites is 2. The smallest absolute Gasteiger partial charge is 0.321 e. The van der Waals surface area contributed by atoms with Gasteiger partial charge in [0.2, 0.25) is 6.10 Å². The van der Waals surface area contributed by atoms with Gasteiger partial charge < -0.3 is 24.6 Å². The van der Waals surface area contributed by atoms with Crippen LogP contribution in [0, 0.1) is 0 Å². The Balaban J connectivity index is 1.51. The molecule has 2 aliphatic heterocycles. The van der Waals surface area contributed by atoms with Crippen LogP contribution in [0.15, 0.2) is 24.3 Å². The van der Waals surface area contributed by atoms with Crippen molar-refractivity contribution in [3.8, 4) is 11.5 Å². The van der Waals surface area contributed by atoms with Crippen LogP contribution in [-0.4, -0.2) is 74.7 Å². The highest BCUT2D eigenvalue weighted by molar-refractivity contribution is 5.96. The number of benzene rings is 1. The highest BCUT2D eigenvalue weighted by Crippen LogP contribution is 2.31. The SMILES string of the molecule is CNC(=O)NC(=O)[C@H](C)[NH+]1CCN(C(=O)[C@H]2COc3ccccc3O2)CC1. The Kier molecular flexibility index (Phi) is 5.80. The zero-order chi connectivity index (χ0) is 19.4. The Morgan fingerprint density at radius 3 is 2.52 bits per heavy atom. The van der Waals surface area contributed by atoms with E-state index in [1.165, 1.54) is 7.05 Å². The molecule has 0 saturated carbocycles. The number of urea groups is 1. The molecule has 2 aliphatic rings. The van der Waals surface area contributed by atoms with E-state index in [0.29, 0.717) is 37.7 Å². The first-order valence-corrected chi connectivity index (χ1v) is 9.04. The van der Waals surface area contributed by atoms with Gasteiger partial charge in [-0.25, -0.2) is 4.79 Å². The van der Waals surface area contributed by atoms with Crippen molar-refractivity contribution in [2.24, 2.45) is 0 Å². The van der Waals surface area contributed by atoms with E-state index in [2.05, 4.69) is 10.6 Å². The standard InChI is InChI=1S/C18H24N4O5/c1-12(16(23)20-18(25)19-2)21-7-9-22(10-8-21)17(24)15-11-26-13-5-3-4-6-14(13)27-15/h3-6,12,15H,7-11H2,1-2H3,(H2,19,20,23,25)/p+1/t12-,15+/m0/s1. The first-order valence-electron chi connectivity index (χ1n) is 9.04. The molecule has 1 aromatic rings. The Morgan fingerprint density at radius 2 is 1.85 bits per heavy atom. The van der Waals surface area contributed by atoms with Gasteiger partial charge >= 0.3 is 6.03 Å². The van der Waals surface area contributed by atoms with Crippen LogP contribution in [0.25, 0.3) is 0 Å². The molecule has 1 aromatic carbocycles. The van der Waals surface area contributed by atoms with E-state index >= 15 is 0 Å². The summed E-state index contributed by atoms with van der Waals surface area (Å²) < 4.78 is 11.4. The fourth-order valence-electron chi connectivity index (χ4n) is 3.26. The van der Waals surface area contributed by atoms with Crippen LogP contribution in [0.2, 0.25) is 0 Å². The van der Waals surface area contributed by atoms with Crippen molar-refractivity contribution < 1.29 is 28.8 Å². The fourth-order valence-corrected chi connectivity index (χ4v) is 3.26. The van der Waals surface area contributed by atoms with Crippen molar-refractivity contribution in [1.82, 2.24) is 15.5 Å². The first kappa shape index (κ1) is 19.0. The summed E-state index contributed by atoms with van der Waals surface area (Å²) in [6.07, 6.45) is -0.657. The minimum Gasteiger partial charge on any atom is -0.485 e. The summed E-state index contributed by atoms with van der Waals surface area (Å²) in [6, 6.07) is 6.39. The summed E-state index contributed by atoms with van der Waals surface area (Å²) in [4.78, 5) is 38.9. The predicted molar refractivity (Wildman–Crippen MR) is 95.7 cm³/mol. The van der Waals surface area contributed by atoms with E-state index in [-0.39, 0.29) is 24.5 Å². The molecule has 0 unspecified atom stereocenters. The van der Waals surface area contributed by atoms with Gasteiger partial charge in [-0.1, -0.05) is 12.1 Å². The highest BCUT2D eigenvalue weighted by Gasteiger charge is 2.36. The van der Waals surface area contributed by atoms with Crippen LogP contribution in [-0.2, 0) is 9.59 Å². The number of amides is 4. The monoisotopic (exact) mass is 377 g/mol. The zero-order valence-electron chi connectivity index (χ0n) is 15.5. The summed E-state index contributed by atoms with van der Waals surface area (Å²) in [5.41, 5.74) is 0. The summed E-state index contributed by atoms with van der Waals surface area (Å²) in [7, 11) is 1.46. The van der Waals surface area contributed by atoms with Crippen LogP contribution >= 0.6 is 0 Å². The second-order valence-electron chi connectivity index (χ2n) is 6.64. The lowest BCUT2D eigenvalue weighted by molar-refractivity contribution is -0.917. The number of nitrogens with zero attached hydrogens (tertiary/aromatic N) is 1. The third kappa shape index (κ3) is 4.30. The topological polar surface area (TPSA) is 101 Å². The molecule has 0 aliphatic carbocycles. The van der Waals surface area contributed by atoms with E-state index in [9.17, 15) is 14.4 Å². The average Bonchev–Trinajstić information content (AvgIpc) is 2.72. The van der Waals surface area contributed by atoms with Gasteiger partial charge in [0.15, 0.2) is 17.5 Å². The Bertz CT molecular complexity index is 717. The molecule has 0 radical (unpaired) electrons. The molecule has 0 aromatic heterocycles. The van der Waals surface area contributed by atoms with E-state index in [1.54, 1.807) is 17.9 Å². The highest BCUT2D eigenvalue weighted by atomic mass is 16.6. The van der Waals surface area contributed by atoms with Crippen LogP contribution in [0.4, 0.5) is 4.79 Å². The number of hydrogen-bond donors (Lipinski definition) is 3. The third-order valence-corrected chi connectivity index (χ3v) is 4.97. The number of piperazine rings is 1. The number of carbonyl (C=O) groups is 3. The molecule has 0 spiro atoms. The normalized spacial score (nSPS) is 20.5. The Labute approximate surface area is 157 Å². The van der Waals surface area contributed by atoms with Gasteiger partial charge in [-0.05, 0) is 19.1 Å². The van der Waals surface area contributed by atoms with Crippen molar-refractivity contribution in [2.75, 3.05) is 39.8 Å². The number of carbonyl (C=O) groups excluding carboxylic acids is 3.